The Labute approximate surface area is 249 Å². The number of fused-ring (bicyclic) bond motifs is 8. The molecule has 9 aromatic rings. The maximum absolute atomic E-state index is 9.69. The SMILES string of the molecule is [2H]c1c([2H])c([2H])c2c(c1[2H])c([2H])c(-c1c3ccccc3c(-c3cccc4oc5ccccc5c34)c3ccccc13)c1c([2H])c([2H])c([2H])c([2H])c12. The van der Waals surface area contributed by atoms with E-state index in [1.165, 1.54) is 0 Å². The lowest BCUT2D eigenvalue weighted by molar-refractivity contribution is 0.669. The van der Waals surface area contributed by atoms with Gasteiger partial charge >= 0.3 is 0 Å². The fourth-order valence-corrected chi connectivity index (χ4v) is 6.33. The molecule has 1 heterocycles. The summed E-state index contributed by atoms with van der Waals surface area (Å²) in [6.07, 6.45) is 0. The van der Waals surface area contributed by atoms with Crippen LogP contribution in [-0.4, -0.2) is 0 Å². The van der Waals surface area contributed by atoms with Crippen LogP contribution in [0.15, 0.2) is 150 Å². The van der Waals surface area contributed by atoms with Crippen molar-refractivity contribution in [3.8, 4) is 22.3 Å². The summed E-state index contributed by atoms with van der Waals surface area (Å²) in [5.74, 6) is 0. The topological polar surface area (TPSA) is 13.1 Å². The molecule has 0 saturated heterocycles. The summed E-state index contributed by atoms with van der Waals surface area (Å²) >= 11 is 0. The molecule has 0 fully saturated rings. The number of benzene rings is 8. The molecule has 0 aliphatic rings. The number of hydrogen-bond acceptors (Lipinski definition) is 1. The van der Waals surface area contributed by atoms with Crippen LogP contribution in [0.5, 0.6) is 0 Å². The van der Waals surface area contributed by atoms with Crippen LogP contribution in [0.1, 0.15) is 12.3 Å². The molecule has 0 radical (unpaired) electrons. The molecule has 0 bridgehead atoms. The van der Waals surface area contributed by atoms with E-state index in [0.717, 1.165) is 43.8 Å². The first kappa shape index (κ1) is 15.4. The molecule has 8 aromatic carbocycles. The summed E-state index contributed by atoms with van der Waals surface area (Å²) in [4.78, 5) is 0. The normalized spacial score (nSPS) is 15.0. The Morgan fingerprint density at radius 2 is 0.951 bits per heavy atom. The predicted octanol–water partition coefficient (Wildman–Crippen LogP) is 11.5. The zero-order valence-electron chi connectivity index (χ0n) is 30.6. The Kier molecular flexibility index (Phi) is 3.21. The molecule has 1 nitrogen and oxygen atoms in total. The Morgan fingerprint density at radius 3 is 1.66 bits per heavy atom. The van der Waals surface area contributed by atoms with E-state index >= 15 is 0 Å². The molecule has 1 heteroatoms. The highest BCUT2D eigenvalue weighted by atomic mass is 16.3. The largest absolute Gasteiger partial charge is 0.456 e. The van der Waals surface area contributed by atoms with Gasteiger partial charge in [0.15, 0.2) is 0 Å². The van der Waals surface area contributed by atoms with Gasteiger partial charge in [-0.1, -0.05) is 127 Å². The Morgan fingerprint density at radius 1 is 0.415 bits per heavy atom. The van der Waals surface area contributed by atoms with Crippen molar-refractivity contribution in [2.45, 2.75) is 0 Å². The quantitative estimate of drug-likeness (QED) is 0.160. The van der Waals surface area contributed by atoms with Gasteiger partial charge in [0.2, 0.25) is 0 Å². The van der Waals surface area contributed by atoms with E-state index in [2.05, 4.69) is 6.07 Å². The molecule has 1 aromatic heterocycles. The molecule has 0 aliphatic carbocycles. The van der Waals surface area contributed by atoms with Crippen molar-refractivity contribution in [3.63, 3.8) is 0 Å². The molecule has 0 aliphatic heterocycles. The van der Waals surface area contributed by atoms with Crippen molar-refractivity contribution in [2.75, 3.05) is 0 Å². The lowest BCUT2D eigenvalue weighted by Gasteiger charge is -2.20. The maximum atomic E-state index is 9.69. The molecule has 9 rings (SSSR count). The van der Waals surface area contributed by atoms with Crippen LogP contribution in [-0.2, 0) is 0 Å². The Balaban J connectivity index is 1.56. The number of rotatable bonds is 2. The van der Waals surface area contributed by atoms with Crippen LogP contribution < -0.4 is 0 Å². The smallest absolute Gasteiger partial charge is 0.136 e. The average Bonchev–Trinajstić information content (AvgIpc) is 3.52. The minimum Gasteiger partial charge on any atom is -0.456 e. The zero-order chi connectivity index (χ0) is 34.7. The van der Waals surface area contributed by atoms with E-state index in [1.807, 2.05) is 84.9 Å². The van der Waals surface area contributed by atoms with Gasteiger partial charge in [0.05, 0.1) is 12.3 Å². The van der Waals surface area contributed by atoms with E-state index < -0.39 is 42.3 Å². The van der Waals surface area contributed by atoms with Gasteiger partial charge in [-0.3, -0.25) is 0 Å². The highest BCUT2D eigenvalue weighted by Crippen LogP contribution is 2.48. The monoisotopic (exact) mass is 529 g/mol. The molecule has 190 valence electrons. The highest BCUT2D eigenvalue weighted by molar-refractivity contribution is 6.28. The van der Waals surface area contributed by atoms with Crippen molar-refractivity contribution in [3.05, 3.63) is 145 Å². The van der Waals surface area contributed by atoms with Crippen LogP contribution >= 0.6 is 0 Å². The van der Waals surface area contributed by atoms with Crippen molar-refractivity contribution in [1.82, 2.24) is 0 Å². The van der Waals surface area contributed by atoms with Crippen LogP contribution in [0.2, 0.25) is 0 Å². The summed E-state index contributed by atoms with van der Waals surface area (Å²) < 4.78 is 86.0. The Bertz CT molecular complexity index is 2920. The Hall–Kier alpha value is -5.40. The minimum atomic E-state index is -0.537. The van der Waals surface area contributed by atoms with Gasteiger partial charge in [0.1, 0.15) is 11.2 Å². The third-order valence-corrected chi connectivity index (χ3v) is 7.98. The second kappa shape index (κ2) is 8.55. The summed E-state index contributed by atoms with van der Waals surface area (Å²) in [5, 5.41) is 4.81. The standard InChI is InChI=1S/C40H24O/c1-2-13-26-25(12-1)24-35(28-15-4-3-14-27(26)28)39-31-18-7-5-16-29(31)38(30-17-6-8-19-32(30)39)34-21-11-23-37-40(34)33-20-9-10-22-36(33)41-37/h1-24H/i1D,2D,3D,4D,12D,13D,14D,15D,24D. The van der Waals surface area contributed by atoms with Crippen LogP contribution in [0.25, 0.3) is 87.3 Å². The molecule has 0 saturated carbocycles. The van der Waals surface area contributed by atoms with Crippen molar-refractivity contribution >= 4 is 65.0 Å². The van der Waals surface area contributed by atoms with Gasteiger partial charge in [-0.2, -0.15) is 0 Å². The third kappa shape index (κ3) is 3.18. The molecular weight excluding hydrogens is 496 g/mol. The number of para-hydroxylation sites is 1. The first-order valence-corrected chi connectivity index (χ1v) is 13.4. The van der Waals surface area contributed by atoms with Gasteiger partial charge < -0.3 is 4.42 Å². The maximum Gasteiger partial charge on any atom is 0.136 e. The number of hydrogen-bond donors (Lipinski definition) is 0. The van der Waals surface area contributed by atoms with Gasteiger partial charge in [0.25, 0.3) is 0 Å². The van der Waals surface area contributed by atoms with Crippen LogP contribution in [0, 0.1) is 0 Å². The van der Waals surface area contributed by atoms with E-state index in [-0.39, 0.29) is 39.2 Å². The van der Waals surface area contributed by atoms with Crippen molar-refractivity contribution in [2.24, 2.45) is 0 Å². The van der Waals surface area contributed by atoms with Gasteiger partial charge in [0, 0.05) is 10.8 Å². The van der Waals surface area contributed by atoms with Crippen molar-refractivity contribution < 1.29 is 16.8 Å². The zero-order valence-corrected chi connectivity index (χ0v) is 21.6. The lowest BCUT2D eigenvalue weighted by Crippen LogP contribution is -1.92. The van der Waals surface area contributed by atoms with Gasteiger partial charge in [-0.25, -0.2) is 0 Å². The summed E-state index contributed by atoms with van der Waals surface area (Å²) in [5.41, 5.74) is 4.09. The second-order valence-corrected chi connectivity index (χ2v) is 10.1. The predicted molar refractivity (Wildman–Crippen MR) is 175 cm³/mol. The molecule has 0 amide bonds. The van der Waals surface area contributed by atoms with Gasteiger partial charge in [-0.05, 0) is 83.5 Å². The minimum absolute atomic E-state index is 0.0320. The van der Waals surface area contributed by atoms with E-state index in [0.29, 0.717) is 16.3 Å². The van der Waals surface area contributed by atoms with E-state index in [4.69, 9.17) is 14.0 Å². The van der Waals surface area contributed by atoms with Crippen LogP contribution in [0.4, 0.5) is 0 Å². The first-order chi connectivity index (χ1) is 24.1. The molecule has 0 atom stereocenters. The summed E-state index contributed by atoms with van der Waals surface area (Å²) in [6, 6.07) is 25.3. The fourth-order valence-electron chi connectivity index (χ4n) is 6.33. The molecule has 0 spiro atoms. The lowest BCUT2D eigenvalue weighted by atomic mass is 9.83. The first-order valence-electron chi connectivity index (χ1n) is 17.9. The van der Waals surface area contributed by atoms with E-state index in [9.17, 15) is 2.74 Å². The third-order valence-electron chi connectivity index (χ3n) is 7.98. The number of furan rings is 1. The second-order valence-electron chi connectivity index (χ2n) is 10.1. The van der Waals surface area contributed by atoms with Crippen molar-refractivity contribution in [1.29, 1.82) is 0 Å². The van der Waals surface area contributed by atoms with E-state index in [1.54, 1.807) is 0 Å². The highest BCUT2D eigenvalue weighted by Gasteiger charge is 2.21. The average molecular weight is 530 g/mol. The fraction of sp³-hybridized carbons (Fsp3) is 0. The van der Waals surface area contributed by atoms with Gasteiger partial charge in [-0.15, -0.1) is 0 Å². The van der Waals surface area contributed by atoms with Crippen LogP contribution in [0.3, 0.4) is 0 Å². The molecule has 41 heavy (non-hydrogen) atoms. The molecule has 0 N–H and O–H groups in total. The summed E-state index contributed by atoms with van der Waals surface area (Å²) in [7, 11) is 0. The summed E-state index contributed by atoms with van der Waals surface area (Å²) in [6.45, 7) is 0. The molecular formula is C40H24O. The molecule has 0 unspecified atom stereocenters.